The van der Waals surface area contributed by atoms with Gasteiger partial charge >= 0.3 is 0 Å². The number of carbonyl (C=O) groups excluding carboxylic acids is 1. The smallest absolute Gasteiger partial charge is 0.258 e. The van der Waals surface area contributed by atoms with Gasteiger partial charge in [-0.05, 0) is 45.0 Å². The highest BCUT2D eigenvalue weighted by Crippen LogP contribution is 2.28. The number of fused-ring (bicyclic) bond motifs is 1. The lowest BCUT2D eigenvalue weighted by molar-refractivity contribution is -0.124. The molecule has 3 aromatic rings. The number of hydrogen-bond acceptors (Lipinski definition) is 7. The molecule has 3 rings (SSSR count). The van der Waals surface area contributed by atoms with Crippen LogP contribution in [0.15, 0.2) is 54.4 Å². The van der Waals surface area contributed by atoms with Crippen molar-refractivity contribution in [3.8, 4) is 17.1 Å². The van der Waals surface area contributed by atoms with E-state index in [0.717, 1.165) is 6.21 Å². The second-order valence-electron chi connectivity index (χ2n) is 8.06. The third-order valence-corrected chi connectivity index (χ3v) is 4.23. The number of allylic oxidation sites excluding steroid dienone is 1. The number of nitrogens with zero attached hydrogens (tertiary/aromatic N) is 2. The molecule has 1 aromatic heterocycles. The molecular weight excluding hydrogens is 411 g/mol. The summed E-state index contributed by atoms with van der Waals surface area (Å²) in [6, 6.07) is 11.1. The Balaban J connectivity index is 1.94. The van der Waals surface area contributed by atoms with E-state index in [1.165, 1.54) is 18.3 Å². The summed E-state index contributed by atoms with van der Waals surface area (Å²) in [4.78, 5) is 21.1. The fraction of sp³-hybridized carbons (Fsp3) is 0.217. The third kappa shape index (κ3) is 5.78. The van der Waals surface area contributed by atoms with Crippen LogP contribution in [0.1, 0.15) is 20.8 Å². The summed E-state index contributed by atoms with van der Waals surface area (Å²) in [6.07, 6.45) is 2.29. The Morgan fingerprint density at radius 2 is 2.00 bits per heavy atom. The summed E-state index contributed by atoms with van der Waals surface area (Å²) in [5.74, 6) is 0.486. The molecule has 0 radical (unpaired) electrons. The maximum atomic E-state index is 13.8. The summed E-state index contributed by atoms with van der Waals surface area (Å²) in [5, 5.41) is 13.8. The van der Waals surface area contributed by atoms with Crippen LogP contribution in [0.4, 0.5) is 10.2 Å². The first-order valence-electron chi connectivity index (χ1n) is 9.89. The molecule has 0 unspecified atom stereocenters. The highest BCUT2D eigenvalue weighted by Gasteiger charge is 2.15. The van der Waals surface area contributed by atoms with Gasteiger partial charge < -0.3 is 26.5 Å². The van der Waals surface area contributed by atoms with E-state index >= 15 is 0 Å². The Morgan fingerprint density at radius 3 is 2.69 bits per heavy atom. The molecule has 1 amide bonds. The Morgan fingerprint density at radius 1 is 1.22 bits per heavy atom. The van der Waals surface area contributed by atoms with Crippen molar-refractivity contribution in [3.05, 3.63) is 60.2 Å². The predicted molar refractivity (Wildman–Crippen MR) is 123 cm³/mol. The fourth-order valence-corrected chi connectivity index (χ4v) is 2.92. The molecule has 0 aliphatic carbocycles. The molecular formula is C23H25FN6O2. The minimum absolute atomic E-state index is 0.138. The largest absolute Gasteiger partial charge is 0.484 e. The number of hydrogen-bond donors (Lipinski definition) is 4. The highest BCUT2D eigenvalue weighted by molar-refractivity contribution is 5.93. The van der Waals surface area contributed by atoms with E-state index in [1.54, 1.807) is 30.3 Å². The van der Waals surface area contributed by atoms with E-state index in [9.17, 15) is 9.18 Å². The first-order valence-corrected chi connectivity index (χ1v) is 9.89. The van der Waals surface area contributed by atoms with E-state index in [0.29, 0.717) is 39.6 Å². The van der Waals surface area contributed by atoms with Crippen molar-refractivity contribution >= 4 is 28.8 Å². The quantitative estimate of drug-likeness (QED) is 0.419. The van der Waals surface area contributed by atoms with Crippen LogP contribution in [0.25, 0.3) is 22.3 Å². The summed E-state index contributed by atoms with van der Waals surface area (Å²) in [7, 11) is 0. The van der Waals surface area contributed by atoms with Gasteiger partial charge in [0.15, 0.2) is 12.4 Å². The average Bonchev–Trinajstić information content (AvgIpc) is 2.74. The summed E-state index contributed by atoms with van der Waals surface area (Å²) in [5.41, 5.74) is 6.50. The third-order valence-electron chi connectivity index (χ3n) is 4.23. The van der Waals surface area contributed by atoms with Crippen molar-refractivity contribution < 1.29 is 13.9 Å². The first-order chi connectivity index (χ1) is 15.2. The molecule has 9 heteroatoms. The molecule has 2 aromatic carbocycles. The minimum Gasteiger partial charge on any atom is -0.484 e. The number of carbonyl (C=O) groups is 1. The van der Waals surface area contributed by atoms with Gasteiger partial charge in [-0.2, -0.15) is 0 Å². The predicted octanol–water partition coefficient (Wildman–Crippen LogP) is 3.59. The molecule has 8 nitrogen and oxygen atoms in total. The van der Waals surface area contributed by atoms with Crippen molar-refractivity contribution in [2.75, 3.05) is 11.9 Å². The van der Waals surface area contributed by atoms with E-state index < -0.39 is 5.82 Å². The molecule has 166 valence electrons. The number of nitrogens with one attached hydrogen (secondary N) is 3. The van der Waals surface area contributed by atoms with Crippen molar-refractivity contribution in [2.45, 2.75) is 26.3 Å². The van der Waals surface area contributed by atoms with Crippen molar-refractivity contribution in [1.82, 2.24) is 15.3 Å². The maximum absolute atomic E-state index is 13.8. The van der Waals surface area contributed by atoms with Gasteiger partial charge in [0.05, 0.1) is 11.2 Å². The highest BCUT2D eigenvalue weighted by atomic mass is 19.1. The molecule has 0 atom stereocenters. The average molecular weight is 436 g/mol. The van der Waals surface area contributed by atoms with Crippen LogP contribution in [0.2, 0.25) is 0 Å². The zero-order chi connectivity index (χ0) is 23.3. The number of nitrogens with two attached hydrogens (primary N) is 1. The number of amides is 1. The zero-order valence-electron chi connectivity index (χ0n) is 18.1. The second-order valence-corrected chi connectivity index (χ2v) is 8.06. The maximum Gasteiger partial charge on any atom is 0.258 e. The van der Waals surface area contributed by atoms with Crippen LogP contribution in [-0.4, -0.2) is 34.2 Å². The molecule has 32 heavy (non-hydrogen) atoms. The number of rotatable bonds is 7. The molecule has 0 saturated heterocycles. The number of halogens is 1. The summed E-state index contributed by atoms with van der Waals surface area (Å²) < 4.78 is 19.5. The molecule has 0 spiro atoms. The lowest BCUT2D eigenvalue weighted by Gasteiger charge is -2.20. The molecule has 0 fully saturated rings. The fourth-order valence-electron chi connectivity index (χ4n) is 2.92. The van der Waals surface area contributed by atoms with Gasteiger partial charge in [0, 0.05) is 35.0 Å². The number of ether oxygens (including phenoxy) is 1. The zero-order valence-corrected chi connectivity index (χ0v) is 18.1. The monoisotopic (exact) mass is 436 g/mol. The summed E-state index contributed by atoms with van der Waals surface area (Å²) in [6.45, 7) is 5.53. The summed E-state index contributed by atoms with van der Waals surface area (Å²) >= 11 is 0. The van der Waals surface area contributed by atoms with Crippen LogP contribution in [0.5, 0.6) is 5.75 Å². The van der Waals surface area contributed by atoms with E-state index in [2.05, 4.69) is 20.6 Å². The van der Waals surface area contributed by atoms with Gasteiger partial charge in [-0.25, -0.2) is 14.4 Å². The number of anilines is 1. The molecule has 0 bridgehead atoms. The lowest BCUT2D eigenvalue weighted by atomic mass is 10.1. The van der Waals surface area contributed by atoms with Crippen LogP contribution in [0, 0.1) is 11.2 Å². The Labute approximate surface area is 185 Å². The molecule has 0 aliphatic heterocycles. The van der Waals surface area contributed by atoms with Gasteiger partial charge in [-0.3, -0.25) is 4.79 Å². The van der Waals surface area contributed by atoms with Gasteiger partial charge in [-0.1, -0.05) is 12.1 Å². The normalized spacial score (nSPS) is 11.8. The molecule has 0 aliphatic rings. The standard InChI is InChI=1S/C23H25FN6O2/c1-23(2,3)30-20(31)13-32-17-6-4-5-14(9-17)21-28-19-10-15(24)7-8-18(19)22(29-21)27-16(11-25)12-26/h4-12,25H,13,26H2,1-3H3,(H,30,31)(H,27,28,29)/b16-12+,25-11?. The van der Waals surface area contributed by atoms with E-state index in [-0.39, 0.29) is 18.1 Å². The van der Waals surface area contributed by atoms with Gasteiger partial charge in [0.2, 0.25) is 0 Å². The van der Waals surface area contributed by atoms with E-state index in [4.69, 9.17) is 15.9 Å². The van der Waals surface area contributed by atoms with Gasteiger partial charge in [0.25, 0.3) is 5.91 Å². The van der Waals surface area contributed by atoms with Crippen LogP contribution in [-0.2, 0) is 4.79 Å². The van der Waals surface area contributed by atoms with Gasteiger partial charge in [0.1, 0.15) is 17.4 Å². The number of benzene rings is 2. The van der Waals surface area contributed by atoms with Gasteiger partial charge in [-0.15, -0.1) is 0 Å². The van der Waals surface area contributed by atoms with Crippen LogP contribution in [0.3, 0.4) is 0 Å². The first kappa shape index (κ1) is 22.7. The van der Waals surface area contributed by atoms with Crippen molar-refractivity contribution in [3.63, 3.8) is 0 Å². The number of aromatic nitrogens is 2. The molecule has 1 heterocycles. The Bertz CT molecular complexity index is 1190. The van der Waals surface area contributed by atoms with Crippen LogP contribution >= 0.6 is 0 Å². The molecule has 0 saturated carbocycles. The Hall–Kier alpha value is -4.01. The topological polar surface area (TPSA) is 126 Å². The lowest BCUT2D eigenvalue weighted by Crippen LogP contribution is -2.43. The van der Waals surface area contributed by atoms with E-state index in [1.807, 2.05) is 20.8 Å². The second kappa shape index (κ2) is 9.42. The Kier molecular flexibility index (Phi) is 6.67. The SMILES string of the molecule is CC(C)(C)NC(=O)COc1cccc(-c2nc(N/C(C=N)=C/N)c3ccc(F)cc3n2)c1. The van der Waals surface area contributed by atoms with Crippen molar-refractivity contribution in [2.24, 2.45) is 5.73 Å². The van der Waals surface area contributed by atoms with Crippen molar-refractivity contribution in [1.29, 1.82) is 5.41 Å². The van der Waals surface area contributed by atoms with Crippen LogP contribution < -0.4 is 21.1 Å². The molecule has 5 N–H and O–H groups in total. The minimum atomic E-state index is -0.434.